The van der Waals surface area contributed by atoms with Gasteiger partial charge < -0.3 is 5.32 Å². The third kappa shape index (κ3) is 9.14. The van der Waals surface area contributed by atoms with Crippen LogP contribution in [0.5, 0.6) is 0 Å². The molecule has 0 saturated heterocycles. The molecular weight excluding hydrogens is 154 g/mol. The molecule has 0 bridgehead atoms. The lowest BCUT2D eigenvalue weighted by Gasteiger charge is -1.98. The predicted octanol–water partition coefficient (Wildman–Crippen LogP) is 0.636. The van der Waals surface area contributed by atoms with E-state index in [2.05, 4.69) is 16.1 Å². The van der Waals surface area contributed by atoms with E-state index in [-0.39, 0.29) is 5.91 Å². The van der Waals surface area contributed by atoms with Crippen LogP contribution in [0, 0.1) is 0 Å². The summed E-state index contributed by atoms with van der Waals surface area (Å²) in [6.45, 7) is 2.35. The fourth-order valence-electron chi connectivity index (χ4n) is 0.883. The number of carbonyl (C=O) groups excluding carboxylic acids is 1. The maximum Gasteiger partial charge on any atom is 0.216 e. The van der Waals surface area contributed by atoms with Crippen molar-refractivity contribution in [2.75, 3.05) is 20.6 Å². The van der Waals surface area contributed by atoms with Crippen molar-refractivity contribution in [3.8, 4) is 0 Å². The monoisotopic (exact) mass is 173 g/mol. The van der Waals surface area contributed by atoms with E-state index in [1.807, 2.05) is 14.1 Å². The van der Waals surface area contributed by atoms with Crippen molar-refractivity contribution in [3.05, 3.63) is 0 Å². The summed E-state index contributed by atoms with van der Waals surface area (Å²) in [7, 11) is 4.04. The van der Waals surface area contributed by atoms with Gasteiger partial charge in [0, 0.05) is 19.9 Å². The van der Waals surface area contributed by atoms with Crippen molar-refractivity contribution in [1.29, 1.82) is 0 Å². The maximum absolute atomic E-state index is 10.5. The Morgan fingerprint density at radius 2 is 2.08 bits per heavy atom. The Kier molecular flexibility index (Phi) is 6.34. The minimum absolute atomic E-state index is 0.0617. The lowest BCUT2D eigenvalue weighted by molar-refractivity contribution is -0.460. The van der Waals surface area contributed by atoms with Crippen LogP contribution >= 0.6 is 0 Å². The van der Waals surface area contributed by atoms with E-state index in [4.69, 9.17) is 0 Å². The van der Waals surface area contributed by atoms with Gasteiger partial charge in [-0.25, -0.2) is 4.58 Å². The van der Waals surface area contributed by atoms with Gasteiger partial charge in [-0.3, -0.25) is 4.79 Å². The van der Waals surface area contributed by atoms with Gasteiger partial charge in [-0.2, -0.15) is 0 Å². The fraction of sp³-hybridized carbons (Fsp3) is 0.778. The highest BCUT2D eigenvalue weighted by Gasteiger charge is 1.91. The van der Waals surface area contributed by atoms with E-state index < -0.39 is 0 Å². The van der Waals surface area contributed by atoms with Crippen LogP contribution in [0.25, 0.3) is 0 Å². The van der Waals surface area contributed by atoms with Gasteiger partial charge in [0.15, 0.2) is 0 Å². The standard InChI is InChI=1S/C9H18N2O/c1-9(12)10-7-5-4-6-8-11(2)3/h8H,4-7H2,1-3H3/p+1/i2+1,11+1/b11-8+. The molecule has 0 aromatic rings. The first kappa shape index (κ1) is 11.1. The van der Waals surface area contributed by atoms with Crippen molar-refractivity contribution in [1.82, 2.24) is 5.32 Å². The smallest absolute Gasteiger partial charge is 0.216 e. The fourth-order valence-corrected chi connectivity index (χ4v) is 0.883. The van der Waals surface area contributed by atoms with Gasteiger partial charge in [0.25, 0.3) is 0 Å². The highest BCUT2D eigenvalue weighted by molar-refractivity contribution is 5.72. The first-order valence-corrected chi connectivity index (χ1v) is 4.37. The average molecular weight is 173 g/mol. The molecular formula is C9H19N2O+. The molecule has 1 amide bonds. The summed E-state index contributed by atoms with van der Waals surface area (Å²) in [5.41, 5.74) is 0. The minimum Gasteiger partial charge on any atom is -0.356 e. The largest absolute Gasteiger partial charge is 0.356 e. The van der Waals surface area contributed by atoms with Crippen molar-refractivity contribution >= 4 is 12.1 Å². The van der Waals surface area contributed by atoms with Gasteiger partial charge in [0.2, 0.25) is 5.91 Å². The van der Waals surface area contributed by atoms with Crippen LogP contribution in [0.1, 0.15) is 26.2 Å². The molecule has 0 aliphatic heterocycles. The Bertz CT molecular complexity index is 160. The van der Waals surface area contributed by atoms with Gasteiger partial charge in [-0.1, -0.05) is 0 Å². The maximum atomic E-state index is 10.5. The summed E-state index contributed by atoms with van der Waals surface area (Å²) < 4.78 is 2.05. The lowest BCUT2D eigenvalue weighted by Crippen LogP contribution is -2.20. The molecule has 0 aromatic carbocycles. The summed E-state index contributed by atoms with van der Waals surface area (Å²) in [6, 6.07) is 0. The summed E-state index contributed by atoms with van der Waals surface area (Å²) in [6.07, 6.45) is 5.43. The topological polar surface area (TPSA) is 32.1 Å². The van der Waals surface area contributed by atoms with Crippen molar-refractivity contribution in [2.45, 2.75) is 26.2 Å². The molecule has 0 heterocycles. The quantitative estimate of drug-likeness (QED) is 0.214. The highest BCUT2D eigenvalue weighted by atomic mass is 16.1. The Morgan fingerprint density at radius 1 is 1.42 bits per heavy atom. The molecule has 3 nitrogen and oxygen atoms in total. The second-order valence-electron chi connectivity index (χ2n) is 3.12. The van der Waals surface area contributed by atoms with Crippen LogP contribution in [0.4, 0.5) is 0 Å². The zero-order valence-electron chi connectivity index (χ0n) is 8.26. The van der Waals surface area contributed by atoms with E-state index in [1.165, 1.54) is 0 Å². The number of hydrogen-bond donors (Lipinski definition) is 1. The molecule has 0 aromatic heterocycles. The van der Waals surface area contributed by atoms with Gasteiger partial charge in [0.1, 0.15) is 20.3 Å². The van der Waals surface area contributed by atoms with Gasteiger partial charge in [-0.15, -0.1) is 0 Å². The molecule has 0 unspecified atom stereocenters. The third-order valence-electron chi connectivity index (χ3n) is 1.50. The molecule has 0 spiro atoms. The molecule has 0 aliphatic carbocycles. The number of nitrogens with zero attached hydrogens (tertiary/aromatic N) is 1. The van der Waals surface area contributed by atoms with Crippen LogP contribution in [0.15, 0.2) is 0 Å². The van der Waals surface area contributed by atoms with E-state index in [1.54, 1.807) is 6.92 Å². The van der Waals surface area contributed by atoms with Gasteiger partial charge >= 0.3 is 0 Å². The van der Waals surface area contributed by atoms with E-state index in [0.29, 0.717) is 0 Å². The van der Waals surface area contributed by atoms with Gasteiger partial charge in [-0.05, 0) is 12.8 Å². The first-order chi connectivity index (χ1) is 5.63. The summed E-state index contributed by atoms with van der Waals surface area (Å²) in [5.74, 6) is 0.0617. The molecule has 0 atom stereocenters. The third-order valence-corrected chi connectivity index (χ3v) is 1.50. The van der Waals surface area contributed by atoms with Crippen LogP contribution < -0.4 is 5.32 Å². The molecule has 1 N–H and O–H groups in total. The summed E-state index contributed by atoms with van der Waals surface area (Å²) in [4.78, 5) is 10.5. The Morgan fingerprint density at radius 3 is 2.58 bits per heavy atom. The van der Waals surface area contributed by atoms with E-state index in [0.717, 1.165) is 25.8 Å². The zero-order valence-corrected chi connectivity index (χ0v) is 8.26. The molecule has 0 rings (SSSR count). The van der Waals surface area contributed by atoms with Crippen molar-refractivity contribution in [2.24, 2.45) is 0 Å². The number of rotatable bonds is 5. The molecule has 0 aliphatic rings. The average Bonchev–Trinajstić information content (AvgIpc) is 1.95. The number of nitrogens with one attached hydrogen (secondary N) is 1. The predicted molar refractivity (Wildman–Crippen MR) is 50.7 cm³/mol. The van der Waals surface area contributed by atoms with E-state index in [9.17, 15) is 4.79 Å². The second-order valence-corrected chi connectivity index (χ2v) is 3.12. The molecule has 0 radical (unpaired) electrons. The second kappa shape index (κ2) is 6.83. The van der Waals surface area contributed by atoms with E-state index >= 15 is 0 Å². The minimum atomic E-state index is 0.0617. The van der Waals surface area contributed by atoms with Gasteiger partial charge in [0.05, 0.1) is 0 Å². The summed E-state index contributed by atoms with van der Waals surface area (Å²) >= 11 is 0. The Hall–Kier alpha value is -0.860. The lowest BCUT2D eigenvalue weighted by atomic mass is 10.2. The van der Waals surface area contributed by atoms with Crippen LogP contribution in [0.3, 0.4) is 0 Å². The number of amides is 1. The zero-order chi connectivity index (χ0) is 9.40. The molecule has 0 saturated carbocycles. The normalized spacial score (nSPS) is 11.4. The highest BCUT2D eigenvalue weighted by Crippen LogP contribution is 1.90. The SMILES string of the molecule is CC(=O)NCCCC/C=[15N+](/C)[13CH3]. The Balaban J connectivity index is 3.11. The van der Waals surface area contributed by atoms with Crippen LogP contribution in [-0.4, -0.2) is 37.3 Å². The van der Waals surface area contributed by atoms with Crippen LogP contribution in [-0.2, 0) is 4.79 Å². The van der Waals surface area contributed by atoms with Crippen molar-refractivity contribution < 1.29 is 9.37 Å². The number of hydrogen-bond acceptors (Lipinski definition) is 1. The molecule has 0 fully saturated rings. The number of unbranched alkanes of at least 4 members (excludes halogenated alkanes) is 2. The van der Waals surface area contributed by atoms with Crippen molar-refractivity contribution in [3.63, 3.8) is 0 Å². The molecule has 3 heteroatoms. The Labute approximate surface area is 74.5 Å². The van der Waals surface area contributed by atoms with Crippen LogP contribution in [0.2, 0.25) is 0 Å². The molecule has 12 heavy (non-hydrogen) atoms. The number of carbonyl (C=O) groups is 1. The first-order valence-electron chi connectivity index (χ1n) is 4.37. The molecule has 70 valence electrons. The summed E-state index contributed by atoms with van der Waals surface area (Å²) in [5, 5.41) is 2.77.